The SMILES string of the molecule is CCOS(=O)(=O)c1nc2ccccc2nc1Cl. The van der Waals surface area contributed by atoms with Crippen LogP contribution in [-0.2, 0) is 14.3 Å². The van der Waals surface area contributed by atoms with Gasteiger partial charge in [-0.2, -0.15) is 8.42 Å². The zero-order chi connectivity index (χ0) is 12.5. The summed E-state index contributed by atoms with van der Waals surface area (Å²) in [5.74, 6) is 0. The van der Waals surface area contributed by atoms with Crippen LogP contribution < -0.4 is 0 Å². The molecule has 0 saturated heterocycles. The molecule has 0 aliphatic heterocycles. The average Bonchev–Trinajstić information content (AvgIpc) is 2.27. The first-order chi connectivity index (χ1) is 8.04. The summed E-state index contributed by atoms with van der Waals surface area (Å²) in [5, 5.41) is -0.531. The normalized spacial score (nSPS) is 11.9. The maximum Gasteiger partial charge on any atom is 0.317 e. The fraction of sp³-hybridized carbons (Fsp3) is 0.200. The average molecular weight is 273 g/mol. The molecule has 5 nitrogen and oxygen atoms in total. The Labute approximate surface area is 104 Å². The van der Waals surface area contributed by atoms with Crippen LogP contribution in [0, 0.1) is 0 Å². The van der Waals surface area contributed by atoms with Gasteiger partial charge in [0.15, 0.2) is 5.15 Å². The number of hydrogen-bond donors (Lipinski definition) is 0. The van der Waals surface area contributed by atoms with E-state index in [9.17, 15) is 8.42 Å². The molecule has 0 unspecified atom stereocenters. The molecule has 0 amide bonds. The Bertz CT molecular complexity index is 658. The monoisotopic (exact) mass is 272 g/mol. The molecule has 1 aromatic heterocycles. The largest absolute Gasteiger partial charge is 0.317 e. The molecule has 0 aliphatic rings. The van der Waals surface area contributed by atoms with Crippen molar-refractivity contribution in [1.29, 1.82) is 0 Å². The van der Waals surface area contributed by atoms with Gasteiger partial charge < -0.3 is 0 Å². The van der Waals surface area contributed by atoms with E-state index < -0.39 is 10.1 Å². The predicted molar refractivity (Wildman–Crippen MR) is 63.4 cm³/mol. The van der Waals surface area contributed by atoms with Crippen molar-refractivity contribution in [2.45, 2.75) is 11.9 Å². The van der Waals surface area contributed by atoms with E-state index in [4.69, 9.17) is 11.6 Å². The summed E-state index contributed by atoms with van der Waals surface area (Å²) in [4.78, 5) is 7.93. The van der Waals surface area contributed by atoms with E-state index in [1.54, 1.807) is 31.2 Å². The summed E-state index contributed by atoms with van der Waals surface area (Å²) >= 11 is 5.79. The van der Waals surface area contributed by atoms with Gasteiger partial charge in [-0.3, -0.25) is 4.18 Å². The van der Waals surface area contributed by atoms with Gasteiger partial charge in [-0.25, -0.2) is 9.97 Å². The zero-order valence-corrected chi connectivity index (χ0v) is 10.5. The van der Waals surface area contributed by atoms with Crippen molar-refractivity contribution >= 4 is 32.8 Å². The van der Waals surface area contributed by atoms with Crippen LogP contribution in [0.3, 0.4) is 0 Å². The maximum absolute atomic E-state index is 11.7. The zero-order valence-electron chi connectivity index (χ0n) is 8.92. The summed E-state index contributed by atoms with van der Waals surface area (Å²) in [7, 11) is -3.94. The Balaban J connectivity index is 2.67. The van der Waals surface area contributed by atoms with Gasteiger partial charge in [-0.1, -0.05) is 23.7 Å². The lowest BCUT2D eigenvalue weighted by Crippen LogP contribution is -2.09. The van der Waals surface area contributed by atoms with Crippen molar-refractivity contribution in [2.75, 3.05) is 6.61 Å². The summed E-state index contributed by atoms with van der Waals surface area (Å²) in [6.07, 6.45) is 0. The van der Waals surface area contributed by atoms with E-state index in [1.165, 1.54) is 0 Å². The molecule has 0 fully saturated rings. The molecular formula is C10H9ClN2O3S. The van der Waals surface area contributed by atoms with E-state index in [0.717, 1.165) is 0 Å². The van der Waals surface area contributed by atoms with Crippen LogP contribution >= 0.6 is 11.6 Å². The summed E-state index contributed by atoms with van der Waals surface area (Å²) in [6, 6.07) is 6.86. The van der Waals surface area contributed by atoms with E-state index in [2.05, 4.69) is 14.2 Å². The van der Waals surface area contributed by atoms with Gasteiger partial charge in [0.1, 0.15) is 0 Å². The highest BCUT2D eigenvalue weighted by Crippen LogP contribution is 2.22. The van der Waals surface area contributed by atoms with Gasteiger partial charge in [-0.05, 0) is 19.1 Å². The minimum absolute atomic E-state index is 0.0210. The van der Waals surface area contributed by atoms with Crippen molar-refractivity contribution in [2.24, 2.45) is 0 Å². The number of benzene rings is 1. The third kappa shape index (κ3) is 2.38. The number of para-hydroxylation sites is 2. The maximum atomic E-state index is 11.7. The third-order valence-corrected chi connectivity index (χ3v) is 3.69. The second-order valence-electron chi connectivity index (χ2n) is 3.17. The molecule has 0 spiro atoms. The van der Waals surface area contributed by atoms with Crippen LogP contribution in [0.1, 0.15) is 6.92 Å². The molecule has 2 aromatic rings. The second kappa shape index (κ2) is 4.56. The molecule has 0 saturated carbocycles. The van der Waals surface area contributed by atoms with Crippen LogP contribution in [0.5, 0.6) is 0 Å². The van der Waals surface area contributed by atoms with Gasteiger partial charge in [0.25, 0.3) is 0 Å². The van der Waals surface area contributed by atoms with Crippen molar-refractivity contribution in [3.8, 4) is 0 Å². The smallest absolute Gasteiger partial charge is 0.265 e. The van der Waals surface area contributed by atoms with Crippen molar-refractivity contribution in [3.63, 3.8) is 0 Å². The van der Waals surface area contributed by atoms with E-state index in [1.807, 2.05) is 0 Å². The van der Waals surface area contributed by atoms with Crippen LogP contribution in [0.15, 0.2) is 29.3 Å². The lowest BCUT2D eigenvalue weighted by molar-refractivity contribution is 0.336. The quantitative estimate of drug-likeness (QED) is 0.800. The Morgan fingerprint density at radius 3 is 2.41 bits per heavy atom. The lowest BCUT2D eigenvalue weighted by atomic mass is 10.3. The van der Waals surface area contributed by atoms with E-state index in [-0.39, 0.29) is 16.8 Å². The Morgan fingerprint density at radius 2 is 1.82 bits per heavy atom. The molecule has 1 aromatic carbocycles. The van der Waals surface area contributed by atoms with Crippen LogP contribution in [0.25, 0.3) is 11.0 Å². The van der Waals surface area contributed by atoms with Gasteiger partial charge in [-0.15, -0.1) is 0 Å². The Kier molecular flexibility index (Phi) is 3.28. The summed E-state index contributed by atoms with van der Waals surface area (Å²) in [5.41, 5.74) is 0.989. The molecule has 17 heavy (non-hydrogen) atoms. The van der Waals surface area contributed by atoms with Crippen LogP contribution in [-0.4, -0.2) is 25.0 Å². The molecule has 1 heterocycles. The molecule has 2 rings (SSSR count). The predicted octanol–water partition coefficient (Wildman–Crippen LogP) is 2.01. The number of aromatic nitrogens is 2. The first-order valence-corrected chi connectivity index (χ1v) is 6.65. The highest BCUT2D eigenvalue weighted by Gasteiger charge is 2.22. The lowest BCUT2D eigenvalue weighted by Gasteiger charge is -2.05. The van der Waals surface area contributed by atoms with E-state index >= 15 is 0 Å². The fourth-order valence-electron chi connectivity index (χ4n) is 1.33. The number of fused-ring (bicyclic) bond motifs is 1. The minimum atomic E-state index is -3.94. The minimum Gasteiger partial charge on any atom is -0.265 e. The molecule has 0 bridgehead atoms. The van der Waals surface area contributed by atoms with Crippen molar-refractivity contribution in [3.05, 3.63) is 29.4 Å². The fourth-order valence-corrected chi connectivity index (χ4v) is 2.63. The van der Waals surface area contributed by atoms with Crippen LogP contribution in [0.2, 0.25) is 5.15 Å². The van der Waals surface area contributed by atoms with Gasteiger partial charge in [0.2, 0.25) is 5.03 Å². The Morgan fingerprint density at radius 1 is 1.24 bits per heavy atom. The van der Waals surface area contributed by atoms with Crippen molar-refractivity contribution in [1.82, 2.24) is 9.97 Å². The first kappa shape index (κ1) is 12.2. The van der Waals surface area contributed by atoms with Crippen molar-refractivity contribution < 1.29 is 12.6 Å². The molecule has 0 radical (unpaired) electrons. The number of hydrogen-bond acceptors (Lipinski definition) is 5. The highest BCUT2D eigenvalue weighted by atomic mass is 35.5. The Hall–Kier alpha value is -1.24. The number of halogens is 1. The highest BCUT2D eigenvalue weighted by molar-refractivity contribution is 7.86. The molecular weight excluding hydrogens is 264 g/mol. The molecule has 0 aliphatic carbocycles. The number of rotatable bonds is 3. The third-order valence-electron chi connectivity index (χ3n) is 2.01. The van der Waals surface area contributed by atoms with Gasteiger partial charge >= 0.3 is 10.1 Å². The number of nitrogens with zero attached hydrogens (tertiary/aromatic N) is 2. The van der Waals surface area contributed by atoms with Crippen LogP contribution in [0.4, 0.5) is 0 Å². The molecule has 90 valence electrons. The van der Waals surface area contributed by atoms with E-state index in [0.29, 0.717) is 11.0 Å². The van der Waals surface area contributed by atoms with Gasteiger partial charge in [0, 0.05) is 0 Å². The topological polar surface area (TPSA) is 69.2 Å². The summed E-state index contributed by atoms with van der Waals surface area (Å²) < 4.78 is 28.0. The summed E-state index contributed by atoms with van der Waals surface area (Å²) in [6.45, 7) is 1.59. The van der Waals surface area contributed by atoms with Gasteiger partial charge in [0.05, 0.1) is 17.6 Å². The molecule has 0 N–H and O–H groups in total. The first-order valence-electron chi connectivity index (χ1n) is 4.86. The molecule has 7 heteroatoms. The standard InChI is InChI=1S/C10H9ClN2O3S/c1-2-16-17(14,15)10-9(11)12-7-5-3-4-6-8(7)13-10/h3-6H,2H2,1H3. The molecule has 0 atom stereocenters. The second-order valence-corrected chi connectivity index (χ2v) is 5.06.